The van der Waals surface area contributed by atoms with E-state index in [1.54, 1.807) is 6.07 Å². The molecule has 0 radical (unpaired) electrons. The summed E-state index contributed by atoms with van der Waals surface area (Å²) in [5.74, 6) is 0.127. The number of halogens is 3. The van der Waals surface area contributed by atoms with E-state index in [4.69, 9.17) is 0 Å². The van der Waals surface area contributed by atoms with Crippen LogP contribution in [0.15, 0.2) is 23.0 Å². The van der Waals surface area contributed by atoms with Gasteiger partial charge in [-0.25, -0.2) is 0 Å². The highest BCUT2D eigenvalue weighted by Gasteiger charge is 2.44. The van der Waals surface area contributed by atoms with Crippen molar-refractivity contribution in [3.05, 3.63) is 39.7 Å². The largest absolute Gasteiger partial charge is 0.417 e. The van der Waals surface area contributed by atoms with Crippen molar-refractivity contribution in [1.82, 2.24) is 4.98 Å². The molecule has 24 heavy (non-hydrogen) atoms. The molecule has 3 nitrogen and oxygen atoms in total. The van der Waals surface area contributed by atoms with Crippen LogP contribution in [-0.4, -0.2) is 17.6 Å². The maximum Gasteiger partial charge on any atom is 0.417 e. The summed E-state index contributed by atoms with van der Waals surface area (Å²) < 4.78 is 40.8. The Hall–Kier alpha value is -1.98. The zero-order chi connectivity index (χ0) is 17.1. The molecule has 2 heterocycles. The molecule has 1 N–H and O–H groups in total. The first kappa shape index (κ1) is 15.5. The van der Waals surface area contributed by atoms with E-state index in [2.05, 4.69) is 16.8 Å². The minimum atomic E-state index is -4.53. The Labute approximate surface area is 137 Å². The van der Waals surface area contributed by atoms with Crippen LogP contribution >= 0.6 is 0 Å². The summed E-state index contributed by atoms with van der Waals surface area (Å²) >= 11 is 0. The first-order valence-corrected chi connectivity index (χ1v) is 8.45. The predicted octanol–water partition coefficient (Wildman–Crippen LogP) is 4.41. The van der Waals surface area contributed by atoms with E-state index in [-0.39, 0.29) is 16.8 Å². The van der Waals surface area contributed by atoms with Crippen LogP contribution in [0.2, 0.25) is 0 Å². The molecule has 0 saturated heterocycles. The van der Waals surface area contributed by atoms with Gasteiger partial charge >= 0.3 is 6.18 Å². The maximum absolute atomic E-state index is 13.6. The van der Waals surface area contributed by atoms with Gasteiger partial charge in [-0.15, -0.1) is 0 Å². The molecule has 1 aliphatic heterocycles. The number of nitrogens with zero attached hydrogens (tertiary/aromatic N) is 1. The number of anilines is 1. The molecule has 4 rings (SSSR count). The van der Waals surface area contributed by atoms with E-state index in [0.717, 1.165) is 43.5 Å². The van der Waals surface area contributed by atoms with Crippen LogP contribution in [-0.2, 0) is 6.18 Å². The van der Waals surface area contributed by atoms with Gasteiger partial charge < -0.3 is 9.88 Å². The topological polar surface area (TPSA) is 36.1 Å². The first-order valence-electron chi connectivity index (χ1n) is 8.45. The second kappa shape index (κ2) is 5.26. The third kappa shape index (κ3) is 2.15. The molecular weight excluding hydrogens is 317 g/mol. The number of fused-ring (bicyclic) bond motifs is 5. The number of H-pyrrole nitrogens is 1. The third-order valence-corrected chi connectivity index (χ3v) is 5.36. The van der Waals surface area contributed by atoms with Gasteiger partial charge in [-0.3, -0.25) is 4.79 Å². The lowest BCUT2D eigenvalue weighted by molar-refractivity contribution is -0.136. The molecule has 0 amide bonds. The minimum absolute atomic E-state index is 0.127. The van der Waals surface area contributed by atoms with E-state index >= 15 is 0 Å². The summed E-state index contributed by atoms with van der Waals surface area (Å²) in [6, 6.07) is 4.49. The fourth-order valence-electron chi connectivity index (χ4n) is 4.58. The standard InChI is InChI=1S/C18H19F3N2O/c1-2-8-23-13-5-3-4-10(13)16-14(23)7-6-12-17(16)11(18(19,20)21)9-15(24)22-12/h6-7,9-10,13H,2-5,8H2,1H3,(H,22,24). The summed E-state index contributed by atoms with van der Waals surface area (Å²) in [4.78, 5) is 16.5. The van der Waals surface area contributed by atoms with Crippen molar-refractivity contribution in [2.75, 3.05) is 11.4 Å². The molecule has 128 valence electrons. The molecular formula is C18H19F3N2O. The van der Waals surface area contributed by atoms with Crippen molar-refractivity contribution in [1.29, 1.82) is 0 Å². The second-order valence-electron chi connectivity index (χ2n) is 6.76. The van der Waals surface area contributed by atoms with Crippen LogP contribution < -0.4 is 10.5 Å². The summed E-state index contributed by atoms with van der Waals surface area (Å²) in [6.07, 6.45) is -0.610. The Bertz CT molecular complexity index is 856. The van der Waals surface area contributed by atoms with Gasteiger partial charge in [0, 0.05) is 41.2 Å². The Morgan fingerprint density at radius 3 is 2.79 bits per heavy atom. The molecule has 2 aromatic rings. The van der Waals surface area contributed by atoms with Crippen LogP contribution in [0.1, 0.15) is 49.7 Å². The fraction of sp³-hybridized carbons (Fsp3) is 0.500. The molecule has 0 spiro atoms. The van der Waals surface area contributed by atoms with Gasteiger partial charge in [-0.1, -0.05) is 13.3 Å². The van der Waals surface area contributed by atoms with Gasteiger partial charge in [0.05, 0.1) is 5.56 Å². The molecule has 2 aliphatic rings. The number of nitrogens with one attached hydrogen (secondary N) is 1. The van der Waals surface area contributed by atoms with Crippen LogP contribution in [0.3, 0.4) is 0 Å². The average molecular weight is 336 g/mol. The third-order valence-electron chi connectivity index (χ3n) is 5.36. The summed E-state index contributed by atoms with van der Waals surface area (Å²) in [5.41, 5.74) is 0.476. The molecule has 1 saturated carbocycles. The highest BCUT2D eigenvalue weighted by molar-refractivity contribution is 5.93. The lowest BCUT2D eigenvalue weighted by Crippen LogP contribution is -2.31. The van der Waals surface area contributed by atoms with Gasteiger partial charge in [0.1, 0.15) is 0 Å². The van der Waals surface area contributed by atoms with Crippen LogP contribution in [0.5, 0.6) is 0 Å². The number of pyridine rings is 1. The molecule has 6 heteroatoms. The van der Waals surface area contributed by atoms with Gasteiger partial charge in [-0.2, -0.15) is 13.2 Å². The van der Waals surface area contributed by atoms with Crippen molar-refractivity contribution in [3.8, 4) is 0 Å². The van der Waals surface area contributed by atoms with E-state index in [9.17, 15) is 18.0 Å². The van der Waals surface area contributed by atoms with Crippen LogP contribution in [0.4, 0.5) is 18.9 Å². The Kier molecular flexibility index (Phi) is 3.41. The summed E-state index contributed by atoms with van der Waals surface area (Å²) in [5, 5.41) is 0.190. The zero-order valence-electron chi connectivity index (χ0n) is 13.4. The van der Waals surface area contributed by atoms with Gasteiger partial charge in [0.25, 0.3) is 0 Å². The second-order valence-corrected chi connectivity index (χ2v) is 6.76. The number of benzene rings is 1. The number of aromatic amines is 1. The van der Waals surface area contributed by atoms with Gasteiger partial charge in [0.15, 0.2) is 0 Å². The first-order chi connectivity index (χ1) is 11.4. The van der Waals surface area contributed by atoms with E-state index < -0.39 is 17.3 Å². The Morgan fingerprint density at radius 1 is 1.29 bits per heavy atom. The fourth-order valence-corrected chi connectivity index (χ4v) is 4.58. The molecule has 0 bridgehead atoms. The molecule has 1 fully saturated rings. The summed E-state index contributed by atoms with van der Waals surface area (Å²) in [7, 11) is 0. The van der Waals surface area contributed by atoms with E-state index in [0.29, 0.717) is 12.1 Å². The number of aromatic nitrogens is 1. The predicted molar refractivity (Wildman–Crippen MR) is 87.6 cm³/mol. The monoisotopic (exact) mass is 336 g/mol. The summed E-state index contributed by atoms with van der Waals surface area (Å²) in [6.45, 7) is 2.94. The van der Waals surface area contributed by atoms with E-state index in [1.807, 2.05) is 6.07 Å². The zero-order valence-corrected chi connectivity index (χ0v) is 13.4. The quantitative estimate of drug-likeness (QED) is 0.882. The maximum atomic E-state index is 13.6. The van der Waals surface area contributed by atoms with Crippen molar-refractivity contribution in [3.63, 3.8) is 0 Å². The lowest BCUT2D eigenvalue weighted by atomic mass is 9.91. The normalized spacial score (nSPS) is 22.9. The number of hydrogen-bond acceptors (Lipinski definition) is 2. The molecule has 2 atom stereocenters. The van der Waals surface area contributed by atoms with Crippen LogP contribution in [0.25, 0.3) is 10.9 Å². The molecule has 1 aromatic heterocycles. The number of alkyl halides is 3. The van der Waals surface area contributed by atoms with E-state index in [1.165, 1.54) is 0 Å². The smallest absolute Gasteiger partial charge is 0.368 e. The van der Waals surface area contributed by atoms with Crippen molar-refractivity contribution in [2.24, 2.45) is 0 Å². The number of hydrogen-bond donors (Lipinski definition) is 1. The Balaban J connectivity index is 2.06. The number of rotatable bonds is 2. The Morgan fingerprint density at radius 2 is 2.08 bits per heavy atom. The van der Waals surface area contributed by atoms with Crippen molar-refractivity contribution >= 4 is 16.6 Å². The highest BCUT2D eigenvalue weighted by atomic mass is 19.4. The lowest BCUT2D eigenvalue weighted by Gasteiger charge is -2.26. The molecule has 1 aliphatic carbocycles. The van der Waals surface area contributed by atoms with Crippen molar-refractivity contribution in [2.45, 2.75) is 50.7 Å². The minimum Gasteiger partial charge on any atom is -0.368 e. The molecule has 2 unspecified atom stereocenters. The molecule has 1 aromatic carbocycles. The SMILES string of the molecule is CCCN1c2ccc3[nH]c(=O)cc(C(F)(F)F)c3c2C2CCCC21. The highest BCUT2D eigenvalue weighted by Crippen LogP contribution is 2.53. The van der Waals surface area contributed by atoms with Gasteiger partial charge in [-0.05, 0) is 37.0 Å². The average Bonchev–Trinajstić information content (AvgIpc) is 3.08. The van der Waals surface area contributed by atoms with Gasteiger partial charge in [0.2, 0.25) is 5.56 Å². The van der Waals surface area contributed by atoms with Crippen molar-refractivity contribution < 1.29 is 13.2 Å². The van der Waals surface area contributed by atoms with Crippen LogP contribution in [0, 0.1) is 0 Å².